The standard InChI is InChI=1S/C14H16/c1-11-7-8-14(9-12(11)2)10-13-5-3-4-6-13/h3-9,13H,10H2,1-2H3. The average Bonchev–Trinajstić information content (AvgIpc) is 2.64. The molecule has 0 unspecified atom stereocenters. The molecule has 0 aliphatic heterocycles. The molecule has 0 aromatic heterocycles. The summed E-state index contributed by atoms with van der Waals surface area (Å²) in [5.74, 6) is 0.608. The van der Waals surface area contributed by atoms with Crippen LogP contribution in [0.2, 0.25) is 0 Å². The molecule has 0 saturated heterocycles. The first-order valence-electron chi connectivity index (χ1n) is 5.17. The second-order valence-electron chi connectivity index (χ2n) is 4.06. The maximum atomic E-state index is 2.30. The van der Waals surface area contributed by atoms with Crippen molar-refractivity contribution in [3.8, 4) is 0 Å². The Balaban J connectivity index is 2.13. The molecule has 0 saturated carbocycles. The first kappa shape index (κ1) is 9.26. The van der Waals surface area contributed by atoms with Crippen LogP contribution in [0.4, 0.5) is 0 Å². The molecule has 0 atom stereocenters. The summed E-state index contributed by atoms with van der Waals surface area (Å²) in [4.78, 5) is 0. The largest absolute Gasteiger partial charge is 0.0773 e. The van der Waals surface area contributed by atoms with Gasteiger partial charge in [0.1, 0.15) is 0 Å². The summed E-state index contributed by atoms with van der Waals surface area (Å²) in [6.45, 7) is 4.34. The zero-order valence-corrected chi connectivity index (χ0v) is 8.83. The molecule has 2 rings (SSSR count). The normalized spacial score (nSPS) is 15.3. The Kier molecular flexibility index (Phi) is 2.53. The molecule has 72 valence electrons. The monoisotopic (exact) mass is 184 g/mol. The Hall–Kier alpha value is -1.30. The average molecular weight is 184 g/mol. The van der Waals surface area contributed by atoms with E-state index >= 15 is 0 Å². The zero-order valence-electron chi connectivity index (χ0n) is 8.83. The van der Waals surface area contributed by atoms with Crippen molar-refractivity contribution in [1.82, 2.24) is 0 Å². The molecule has 0 radical (unpaired) electrons. The van der Waals surface area contributed by atoms with Gasteiger partial charge in [0.15, 0.2) is 0 Å². The fourth-order valence-corrected chi connectivity index (χ4v) is 1.82. The van der Waals surface area contributed by atoms with Gasteiger partial charge in [-0.15, -0.1) is 0 Å². The van der Waals surface area contributed by atoms with Gasteiger partial charge in [0.05, 0.1) is 0 Å². The van der Waals surface area contributed by atoms with E-state index in [0.29, 0.717) is 5.92 Å². The molecule has 1 aromatic rings. The van der Waals surface area contributed by atoms with E-state index < -0.39 is 0 Å². The lowest BCUT2D eigenvalue weighted by atomic mass is 9.98. The predicted molar refractivity (Wildman–Crippen MR) is 61.4 cm³/mol. The van der Waals surface area contributed by atoms with Gasteiger partial charge in [0.25, 0.3) is 0 Å². The maximum Gasteiger partial charge on any atom is -0.000683 e. The van der Waals surface area contributed by atoms with Crippen molar-refractivity contribution in [1.29, 1.82) is 0 Å². The number of allylic oxidation sites excluding steroid dienone is 4. The molecule has 1 aliphatic rings. The summed E-state index contributed by atoms with van der Waals surface area (Å²) >= 11 is 0. The van der Waals surface area contributed by atoms with Gasteiger partial charge < -0.3 is 0 Å². The summed E-state index contributed by atoms with van der Waals surface area (Å²) in [6, 6.07) is 6.75. The van der Waals surface area contributed by atoms with E-state index in [4.69, 9.17) is 0 Å². The van der Waals surface area contributed by atoms with Gasteiger partial charge in [-0.1, -0.05) is 42.5 Å². The highest BCUT2D eigenvalue weighted by Gasteiger charge is 2.05. The maximum absolute atomic E-state index is 2.30. The van der Waals surface area contributed by atoms with Crippen LogP contribution in [0, 0.1) is 19.8 Å². The Labute approximate surface area is 86.0 Å². The van der Waals surface area contributed by atoms with Crippen molar-refractivity contribution in [2.24, 2.45) is 5.92 Å². The second kappa shape index (κ2) is 3.83. The Morgan fingerprint density at radius 2 is 1.71 bits per heavy atom. The molecule has 1 aliphatic carbocycles. The lowest BCUT2D eigenvalue weighted by molar-refractivity contribution is 0.815. The number of benzene rings is 1. The van der Waals surface area contributed by atoms with Crippen molar-refractivity contribution in [2.45, 2.75) is 20.3 Å². The fourth-order valence-electron chi connectivity index (χ4n) is 1.82. The minimum absolute atomic E-state index is 0.608. The first-order chi connectivity index (χ1) is 6.75. The minimum atomic E-state index is 0.608. The third kappa shape index (κ3) is 1.95. The SMILES string of the molecule is Cc1ccc(CC2C=CC=C2)cc1C. The van der Waals surface area contributed by atoms with Crippen LogP contribution in [0.3, 0.4) is 0 Å². The number of aryl methyl sites for hydroxylation is 2. The van der Waals surface area contributed by atoms with Crippen LogP contribution < -0.4 is 0 Å². The summed E-state index contributed by atoms with van der Waals surface area (Å²) < 4.78 is 0. The molecule has 1 aromatic carbocycles. The number of hydrogen-bond acceptors (Lipinski definition) is 0. The molecule has 0 heteroatoms. The van der Waals surface area contributed by atoms with Crippen LogP contribution in [-0.2, 0) is 6.42 Å². The molecule has 0 N–H and O–H groups in total. The van der Waals surface area contributed by atoms with Crippen molar-refractivity contribution < 1.29 is 0 Å². The van der Waals surface area contributed by atoms with Crippen LogP contribution in [0.25, 0.3) is 0 Å². The number of rotatable bonds is 2. The molecule has 0 bridgehead atoms. The summed E-state index contributed by atoms with van der Waals surface area (Å²) in [7, 11) is 0. The smallest absolute Gasteiger partial charge is 0.000683 e. The van der Waals surface area contributed by atoms with E-state index in [0.717, 1.165) is 6.42 Å². The molecular weight excluding hydrogens is 168 g/mol. The highest BCUT2D eigenvalue weighted by atomic mass is 14.1. The zero-order chi connectivity index (χ0) is 9.97. The molecule has 0 amide bonds. The summed E-state index contributed by atoms with van der Waals surface area (Å²) in [5, 5.41) is 0. The van der Waals surface area contributed by atoms with Gasteiger partial charge in [-0.2, -0.15) is 0 Å². The predicted octanol–water partition coefficient (Wildman–Crippen LogP) is 3.59. The highest BCUT2D eigenvalue weighted by Crippen LogP contribution is 2.18. The number of hydrogen-bond donors (Lipinski definition) is 0. The topological polar surface area (TPSA) is 0 Å². The van der Waals surface area contributed by atoms with Crippen LogP contribution in [-0.4, -0.2) is 0 Å². The van der Waals surface area contributed by atoms with E-state index in [-0.39, 0.29) is 0 Å². The lowest BCUT2D eigenvalue weighted by Crippen LogP contribution is -1.96. The van der Waals surface area contributed by atoms with E-state index in [1.807, 2.05) is 0 Å². The highest BCUT2D eigenvalue weighted by molar-refractivity contribution is 5.31. The third-order valence-corrected chi connectivity index (χ3v) is 2.87. The van der Waals surface area contributed by atoms with Gasteiger partial charge in [-0.05, 0) is 42.9 Å². The molecule has 0 spiro atoms. The van der Waals surface area contributed by atoms with Crippen LogP contribution in [0.1, 0.15) is 16.7 Å². The molecule has 0 fully saturated rings. The summed E-state index contributed by atoms with van der Waals surface area (Å²) in [6.07, 6.45) is 9.91. The second-order valence-corrected chi connectivity index (χ2v) is 4.06. The molecule has 0 nitrogen and oxygen atoms in total. The van der Waals surface area contributed by atoms with Crippen LogP contribution in [0.15, 0.2) is 42.5 Å². The molecule has 0 heterocycles. The Bertz CT molecular complexity index is 371. The fraction of sp³-hybridized carbons (Fsp3) is 0.286. The molecule has 14 heavy (non-hydrogen) atoms. The van der Waals surface area contributed by atoms with Gasteiger partial charge >= 0.3 is 0 Å². The van der Waals surface area contributed by atoms with Crippen molar-refractivity contribution in [3.63, 3.8) is 0 Å². The lowest BCUT2D eigenvalue weighted by Gasteiger charge is -2.07. The van der Waals surface area contributed by atoms with E-state index in [2.05, 4.69) is 56.4 Å². The van der Waals surface area contributed by atoms with Crippen LogP contribution in [0.5, 0.6) is 0 Å². The van der Waals surface area contributed by atoms with Gasteiger partial charge in [-0.3, -0.25) is 0 Å². The van der Waals surface area contributed by atoms with Gasteiger partial charge in [-0.25, -0.2) is 0 Å². The quantitative estimate of drug-likeness (QED) is 0.659. The molecular formula is C14H16. The Morgan fingerprint density at radius 3 is 2.36 bits per heavy atom. The van der Waals surface area contributed by atoms with Crippen LogP contribution >= 0.6 is 0 Å². The van der Waals surface area contributed by atoms with Crippen molar-refractivity contribution in [2.75, 3.05) is 0 Å². The first-order valence-corrected chi connectivity index (χ1v) is 5.17. The van der Waals surface area contributed by atoms with E-state index in [9.17, 15) is 0 Å². The summed E-state index contributed by atoms with van der Waals surface area (Å²) in [5.41, 5.74) is 4.22. The van der Waals surface area contributed by atoms with Gasteiger partial charge in [0, 0.05) is 0 Å². The van der Waals surface area contributed by atoms with Crippen molar-refractivity contribution >= 4 is 0 Å². The minimum Gasteiger partial charge on any atom is -0.0773 e. The van der Waals surface area contributed by atoms with Gasteiger partial charge in [0.2, 0.25) is 0 Å². The third-order valence-electron chi connectivity index (χ3n) is 2.87. The van der Waals surface area contributed by atoms with E-state index in [1.54, 1.807) is 0 Å². The van der Waals surface area contributed by atoms with Crippen molar-refractivity contribution in [3.05, 3.63) is 59.2 Å². The Morgan fingerprint density at radius 1 is 1.00 bits per heavy atom. The van der Waals surface area contributed by atoms with E-state index in [1.165, 1.54) is 16.7 Å².